The Labute approximate surface area is 161 Å². The van der Waals surface area contributed by atoms with Crippen LogP contribution in [0.3, 0.4) is 0 Å². The molecule has 1 aromatic carbocycles. The molecule has 0 radical (unpaired) electrons. The summed E-state index contributed by atoms with van der Waals surface area (Å²) in [5, 5.41) is 7.04. The highest BCUT2D eigenvalue weighted by Gasteiger charge is 2.36. The van der Waals surface area contributed by atoms with E-state index in [2.05, 4.69) is 41.0 Å². The normalized spacial score (nSPS) is 11.8. The predicted octanol–water partition coefficient (Wildman–Crippen LogP) is 3.58. The van der Waals surface area contributed by atoms with Gasteiger partial charge >= 0.3 is 8.80 Å². The highest BCUT2D eigenvalue weighted by Crippen LogP contribution is 2.15. The van der Waals surface area contributed by atoms with Crippen molar-refractivity contribution < 1.29 is 13.3 Å². The summed E-state index contributed by atoms with van der Waals surface area (Å²) in [5.74, 6) is 0. The molecule has 2 N–H and O–H groups in total. The van der Waals surface area contributed by atoms with Crippen molar-refractivity contribution in [1.82, 2.24) is 10.6 Å². The lowest BCUT2D eigenvalue weighted by atomic mass is 10.2. The molecule has 0 saturated heterocycles. The number of unbranched alkanes of at least 4 members (excludes halogenated alkanes) is 4. The Kier molecular flexibility index (Phi) is 13.7. The van der Waals surface area contributed by atoms with E-state index in [-0.39, 0.29) is 0 Å². The highest BCUT2D eigenvalue weighted by molar-refractivity contribution is 6.60. The second kappa shape index (κ2) is 15.3. The molecule has 6 heteroatoms. The van der Waals surface area contributed by atoms with Crippen molar-refractivity contribution in [3.8, 4) is 0 Å². The Morgan fingerprint density at radius 1 is 0.692 bits per heavy atom. The van der Waals surface area contributed by atoms with Gasteiger partial charge in [0, 0.05) is 33.9 Å². The van der Waals surface area contributed by atoms with Crippen molar-refractivity contribution in [3.05, 3.63) is 35.9 Å². The minimum absolute atomic E-state index is 0.883. The molecule has 0 spiro atoms. The van der Waals surface area contributed by atoms with E-state index in [9.17, 15) is 0 Å². The van der Waals surface area contributed by atoms with Crippen LogP contribution in [-0.2, 0) is 19.8 Å². The third-order valence-electron chi connectivity index (χ3n) is 4.65. The Balaban J connectivity index is 1.83. The van der Waals surface area contributed by atoms with Gasteiger partial charge in [-0.25, -0.2) is 0 Å². The van der Waals surface area contributed by atoms with Gasteiger partial charge in [0.05, 0.1) is 0 Å². The van der Waals surface area contributed by atoms with E-state index >= 15 is 0 Å². The fourth-order valence-corrected chi connectivity index (χ4v) is 4.75. The molecule has 0 aliphatic heterocycles. The minimum atomic E-state index is -2.37. The zero-order chi connectivity index (χ0) is 18.9. The summed E-state index contributed by atoms with van der Waals surface area (Å²) in [4.78, 5) is 0. The molecule has 0 aliphatic carbocycles. The van der Waals surface area contributed by atoms with Crippen LogP contribution >= 0.6 is 0 Å². The van der Waals surface area contributed by atoms with E-state index in [4.69, 9.17) is 13.3 Å². The lowest BCUT2D eigenvalue weighted by Crippen LogP contribution is -2.42. The number of hydrogen-bond acceptors (Lipinski definition) is 5. The summed E-state index contributed by atoms with van der Waals surface area (Å²) in [6, 6.07) is 11.5. The summed E-state index contributed by atoms with van der Waals surface area (Å²) in [6.45, 7) is 4.24. The largest absolute Gasteiger partial charge is 0.500 e. The van der Waals surface area contributed by atoms with Crippen LogP contribution in [0.25, 0.3) is 0 Å². The molecule has 0 aliphatic rings. The molecule has 5 nitrogen and oxygen atoms in total. The van der Waals surface area contributed by atoms with Crippen LogP contribution in [0.5, 0.6) is 0 Å². The van der Waals surface area contributed by atoms with Crippen LogP contribution in [0.15, 0.2) is 30.3 Å². The lowest BCUT2D eigenvalue weighted by Gasteiger charge is -2.24. The first-order valence-corrected chi connectivity index (χ1v) is 11.8. The van der Waals surface area contributed by atoms with Gasteiger partial charge in [-0.05, 0) is 50.9 Å². The lowest BCUT2D eigenvalue weighted by molar-refractivity contribution is 0.123. The monoisotopic (exact) mass is 382 g/mol. The molecule has 0 saturated carbocycles. The molecular weight excluding hydrogens is 344 g/mol. The molecule has 0 fully saturated rings. The van der Waals surface area contributed by atoms with E-state index in [1.807, 2.05) is 0 Å². The first kappa shape index (κ1) is 23.3. The predicted molar refractivity (Wildman–Crippen MR) is 110 cm³/mol. The summed E-state index contributed by atoms with van der Waals surface area (Å²) in [7, 11) is 2.66. The maximum Gasteiger partial charge on any atom is 0.500 e. The molecule has 0 atom stereocenters. The molecular formula is C20H38N2O3Si. The van der Waals surface area contributed by atoms with Crippen LogP contribution in [0.1, 0.15) is 44.1 Å². The molecule has 0 heterocycles. The molecule has 0 aromatic heterocycles. The van der Waals surface area contributed by atoms with Crippen LogP contribution in [0, 0.1) is 0 Å². The van der Waals surface area contributed by atoms with E-state index in [0.717, 1.165) is 45.1 Å². The molecule has 0 bridgehead atoms. The van der Waals surface area contributed by atoms with Crippen LogP contribution in [-0.4, -0.2) is 49.8 Å². The van der Waals surface area contributed by atoms with Crippen LogP contribution in [0.4, 0.5) is 0 Å². The number of benzene rings is 1. The average Bonchev–Trinajstić information content (AvgIpc) is 2.70. The molecule has 0 amide bonds. The van der Waals surface area contributed by atoms with Gasteiger partial charge in [0.25, 0.3) is 0 Å². The zero-order valence-corrected chi connectivity index (χ0v) is 17.9. The summed E-state index contributed by atoms with van der Waals surface area (Å²) >= 11 is 0. The van der Waals surface area contributed by atoms with Crippen molar-refractivity contribution >= 4 is 8.80 Å². The molecule has 1 aromatic rings. The second-order valence-corrected chi connectivity index (χ2v) is 9.67. The van der Waals surface area contributed by atoms with Crippen molar-refractivity contribution in [2.24, 2.45) is 0 Å². The maximum absolute atomic E-state index is 5.43. The van der Waals surface area contributed by atoms with E-state index in [1.165, 1.54) is 31.2 Å². The third kappa shape index (κ3) is 10.4. The van der Waals surface area contributed by atoms with Crippen molar-refractivity contribution in [3.63, 3.8) is 0 Å². The summed E-state index contributed by atoms with van der Waals surface area (Å²) in [5.41, 5.74) is 1.36. The van der Waals surface area contributed by atoms with Gasteiger partial charge < -0.3 is 23.9 Å². The molecule has 0 unspecified atom stereocenters. The van der Waals surface area contributed by atoms with Crippen molar-refractivity contribution in [1.29, 1.82) is 0 Å². The third-order valence-corrected chi connectivity index (χ3v) is 7.48. The zero-order valence-electron chi connectivity index (χ0n) is 16.9. The SMILES string of the molecule is CO[Si](CCCCNCCCCCCNCc1ccccc1)(OC)OC. The van der Waals surface area contributed by atoms with E-state index < -0.39 is 8.80 Å². The van der Waals surface area contributed by atoms with E-state index in [1.54, 1.807) is 21.3 Å². The van der Waals surface area contributed by atoms with Crippen LogP contribution < -0.4 is 10.6 Å². The van der Waals surface area contributed by atoms with Crippen molar-refractivity contribution in [2.75, 3.05) is 41.0 Å². The molecule has 150 valence electrons. The number of nitrogens with one attached hydrogen (secondary N) is 2. The number of rotatable bonds is 17. The average molecular weight is 383 g/mol. The second-order valence-electron chi connectivity index (χ2n) is 6.58. The van der Waals surface area contributed by atoms with Gasteiger partial charge in [0.15, 0.2) is 0 Å². The van der Waals surface area contributed by atoms with Crippen LogP contribution in [0.2, 0.25) is 6.04 Å². The Hall–Kier alpha value is -0.763. The Morgan fingerprint density at radius 3 is 1.81 bits per heavy atom. The highest BCUT2D eigenvalue weighted by atomic mass is 28.4. The van der Waals surface area contributed by atoms with Gasteiger partial charge in [-0.2, -0.15) is 0 Å². The van der Waals surface area contributed by atoms with Gasteiger partial charge in [-0.1, -0.05) is 43.2 Å². The quantitative estimate of drug-likeness (QED) is 0.319. The summed E-state index contributed by atoms with van der Waals surface area (Å²) in [6.07, 6.45) is 7.31. The standard InChI is InChI=1S/C20H38N2O3Si/c1-23-26(24-2,25-3)18-12-11-16-21-15-9-4-5-10-17-22-19-20-13-7-6-8-14-20/h6-8,13-14,21-22H,4-5,9-12,15-19H2,1-3H3. The van der Waals surface area contributed by atoms with Gasteiger partial charge in [0.1, 0.15) is 0 Å². The Bertz CT molecular complexity index is 422. The van der Waals surface area contributed by atoms with Crippen molar-refractivity contribution in [2.45, 2.75) is 51.1 Å². The smallest absolute Gasteiger partial charge is 0.377 e. The summed E-state index contributed by atoms with van der Waals surface area (Å²) < 4.78 is 16.3. The molecule has 26 heavy (non-hydrogen) atoms. The van der Waals surface area contributed by atoms with Gasteiger partial charge in [-0.15, -0.1) is 0 Å². The van der Waals surface area contributed by atoms with Gasteiger partial charge in [0.2, 0.25) is 0 Å². The fraction of sp³-hybridized carbons (Fsp3) is 0.700. The first-order valence-electron chi connectivity index (χ1n) is 9.87. The first-order chi connectivity index (χ1) is 12.8. The topological polar surface area (TPSA) is 51.8 Å². The molecule has 1 rings (SSSR count). The fourth-order valence-electron chi connectivity index (χ4n) is 2.95. The minimum Gasteiger partial charge on any atom is -0.377 e. The van der Waals surface area contributed by atoms with Gasteiger partial charge in [-0.3, -0.25) is 0 Å². The van der Waals surface area contributed by atoms with E-state index in [0.29, 0.717) is 0 Å². The maximum atomic E-state index is 5.43. The number of hydrogen-bond donors (Lipinski definition) is 2. The Morgan fingerprint density at radius 2 is 1.23 bits per heavy atom.